The van der Waals surface area contributed by atoms with Gasteiger partial charge >= 0.3 is 0 Å². The Kier molecular flexibility index (Phi) is 6.24. The number of hydrogen-bond donors (Lipinski definition) is 2. The van der Waals surface area contributed by atoms with Crippen molar-refractivity contribution in [2.45, 2.75) is 57.3 Å². The number of hydrogen-bond acceptors (Lipinski definition) is 3. The quantitative estimate of drug-likeness (QED) is 0.572. The van der Waals surface area contributed by atoms with Gasteiger partial charge in [0.15, 0.2) is 5.96 Å². The lowest BCUT2D eigenvalue weighted by Gasteiger charge is -2.23. The molecule has 2 aromatic rings. The molecule has 2 aliphatic rings. The van der Waals surface area contributed by atoms with Gasteiger partial charge in [-0.25, -0.2) is 0 Å². The van der Waals surface area contributed by atoms with E-state index in [1.807, 2.05) is 25.2 Å². The van der Waals surface area contributed by atoms with E-state index in [4.69, 9.17) is 9.47 Å². The molecule has 2 aromatic carbocycles. The predicted octanol–water partition coefficient (Wildman–Crippen LogP) is 3.39. The van der Waals surface area contributed by atoms with Crippen LogP contribution in [0.25, 0.3) is 0 Å². The summed E-state index contributed by atoms with van der Waals surface area (Å²) in [5.74, 6) is 0.834. The topological polar surface area (TPSA) is 54.9 Å². The summed E-state index contributed by atoms with van der Waals surface area (Å²) in [6, 6.07) is 19.0. The normalized spacial score (nSPS) is 23.8. The van der Waals surface area contributed by atoms with Crippen LogP contribution in [0.5, 0.6) is 0 Å². The van der Waals surface area contributed by atoms with Crippen LogP contribution in [0.2, 0.25) is 0 Å². The van der Waals surface area contributed by atoms with Crippen LogP contribution in [-0.2, 0) is 29.2 Å². The molecule has 148 valence electrons. The smallest absolute Gasteiger partial charge is 0.191 e. The molecule has 2 bridgehead atoms. The average Bonchev–Trinajstić information content (AvgIpc) is 3.36. The Balaban J connectivity index is 1.29. The highest BCUT2D eigenvalue weighted by Crippen LogP contribution is 2.34. The first-order valence-electron chi connectivity index (χ1n) is 10.1. The molecule has 2 fully saturated rings. The molecule has 0 aliphatic carbocycles. The van der Waals surface area contributed by atoms with Crippen LogP contribution in [0.1, 0.15) is 36.0 Å². The van der Waals surface area contributed by atoms with Crippen LogP contribution in [0.3, 0.4) is 0 Å². The molecule has 0 saturated carbocycles. The van der Waals surface area contributed by atoms with Gasteiger partial charge in [-0.3, -0.25) is 4.99 Å². The first kappa shape index (κ1) is 19.0. The van der Waals surface area contributed by atoms with Gasteiger partial charge in [-0.2, -0.15) is 0 Å². The summed E-state index contributed by atoms with van der Waals surface area (Å²) in [5, 5.41) is 6.98. The molecule has 3 atom stereocenters. The highest BCUT2D eigenvalue weighted by molar-refractivity contribution is 5.80. The van der Waals surface area contributed by atoms with Gasteiger partial charge in [-0.15, -0.1) is 0 Å². The first-order chi connectivity index (χ1) is 13.8. The third-order valence-corrected chi connectivity index (χ3v) is 5.59. The van der Waals surface area contributed by atoms with Crippen molar-refractivity contribution in [1.29, 1.82) is 0 Å². The predicted molar refractivity (Wildman–Crippen MR) is 111 cm³/mol. The van der Waals surface area contributed by atoms with E-state index in [2.05, 4.69) is 52.0 Å². The van der Waals surface area contributed by atoms with Crippen LogP contribution < -0.4 is 10.6 Å². The maximum Gasteiger partial charge on any atom is 0.191 e. The van der Waals surface area contributed by atoms with Crippen molar-refractivity contribution in [3.8, 4) is 0 Å². The van der Waals surface area contributed by atoms with Gasteiger partial charge < -0.3 is 20.1 Å². The molecule has 28 heavy (non-hydrogen) atoms. The van der Waals surface area contributed by atoms with Crippen LogP contribution in [0.4, 0.5) is 0 Å². The minimum absolute atomic E-state index is 0.335. The third-order valence-electron chi connectivity index (χ3n) is 5.59. The van der Waals surface area contributed by atoms with E-state index in [-0.39, 0.29) is 0 Å². The van der Waals surface area contributed by atoms with Crippen LogP contribution >= 0.6 is 0 Å². The van der Waals surface area contributed by atoms with Crippen molar-refractivity contribution in [2.75, 3.05) is 7.05 Å². The van der Waals surface area contributed by atoms with Crippen molar-refractivity contribution in [1.82, 2.24) is 10.6 Å². The van der Waals surface area contributed by atoms with Gasteiger partial charge in [0.2, 0.25) is 0 Å². The highest BCUT2D eigenvalue weighted by Gasteiger charge is 2.41. The summed E-state index contributed by atoms with van der Waals surface area (Å²) in [5.41, 5.74) is 3.61. The Morgan fingerprint density at radius 2 is 1.82 bits per heavy atom. The number of guanidine groups is 1. The van der Waals surface area contributed by atoms with E-state index in [1.165, 1.54) is 23.1 Å². The lowest BCUT2D eigenvalue weighted by atomic mass is 9.96. The summed E-state index contributed by atoms with van der Waals surface area (Å²) in [6.45, 7) is 1.93. The molecule has 5 nitrogen and oxygen atoms in total. The van der Waals surface area contributed by atoms with E-state index in [9.17, 15) is 0 Å². The molecule has 4 rings (SSSR count). The van der Waals surface area contributed by atoms with Crippen LogP contribution in [0, 0.1) is 0 Å². The van der Waals surface area contributed by atoms with Gasteiger partial charge in [0.05, 0.1) is 31.5 Å². The number of benzene rings is 2. The third kappa shape index (κ3) is 4.72. The largest absolute Gasteiger partial charge is 0.373 e. The maximum absolute atomic E-state index is 5.93. The number of fused-ring (bicyclic) bond motifs is 2. The number of ether oxygens (including phenoxy) is 2. The number of nitrogens with zero attached hydrogens (tertiary/aromatic N) is 1. The minimum atomic E-state index is 0.335. The second-order valence-electron chi connectivity index (χ2n) is 7.53. The number of nitrogens with one attached hydrogen (secondary N) is 2. The Hall–Kier alpha value is -2.37. The zero-order valence-corrected chi connectivity index (χ0v) is 16.4. The summed E-state index contributed by atoms with van der Waals surface area (Å²) in [4.78, 5) is 4.39. The van der Waals surface area contributed by atoms with Gasteiger partial charge in [0, 0.05) is 13.6 Å². The fraction of sp³-hybridized carbons (Fsp3) is 0.435. The van der Waals surface area contributed by atoms with Crippen molar-refractivity contribution in [3.63, 3.8) is 0 Å². The zero-order chi connectivity index (χ0) is 19.2. The molecule has 0 radical (unpaired) electrons. The van der Waals surface area contributed by atoms with Crippen molar-refractivity contribution >= 4 is 5.96 Å². The van der Waals surface area contributed by atoms with E-state index in [1.54, 1.807) is 0 Å². The van der Waals surface area contributed by atoms with Gasteiger partial charge in [0.1, 0.15) is 0 Å². The average molecular weight is 380 g/mol. The second kappa shape index (κ2) is 9.22. The summed E-state index contributed by atoms with van der Waals surface area (Å²) in [7, 11) is 1.82. The van der Waals surface area contributed by atoms with Crippen LogP contribution in [0.15, 0.2) is 59.6 Å². The number of aliphatic imine (C=N–C) groups is 1. The minimum Gasteiger partial charge on any atom is -0.373 e. The van der Waals surface area contributed by atoms with Gasteiger partial charge in [0.25, 0.3) is 0 Å². The van der Waals surface area contributed by atoms with Gasteiger partial charge in [-0.1, -0.05) is 54.6 Å². The standard InChI is InChI=1S/C23H29N3O2/c1-24-23(26-21-13-20-11-12-22(21)28-20)25-14-18-9-5-6-10-19(18)16-27-15-17-7-3-2-4-8-17/h2-10,20-22H,11-16H2,1H3,(H2,24,25,26). The summed E-state index contributed by atoms with van der Waals surface area (Å²) < 4.78 is 11.9. The van der Waals surface area contributed by atoms with E-state index in [0.29, 0.717) is 38.0 Å². The fourth-order valence-corrected chi connectivity index (χ4v) is 4.06. The molecule has 0 amide bonds. The molecule has 2 aliphatic heterocycles. The number of rotatable bonds is 7. The van der Waals surface area contributed by atoms with E-state index >= 15 is 0 Å². The maximum atomic E-state index is 5.93. The Morgan fingerprint density at radius 3 is 2.54 bits per heavy atom. The fourth-order valence-electron chi connectivity index (χ4n) is 4.06. The summed E-state index contributed by atoms with van der Waals surface area (Å²) in [6.07, 6.45) is 4.20. The molecule has 2 heterocycles. The lowest BCUT2D eigenvalue weighted by Crippen LogP contribution is -2.47. The Bertz CT molecular complexity index is 793. The highest BCUT2D eigenvalue weighted by atomic mass is 16.5. The Morgan fingerprint density at radius 1 is 1.04 bits per heavy atom. The van der Waals surface area contributed by atoms with Crippen molar-refractivity contribution < 1.29 is 9.47 Å². The molecular weight excluding hydrogens is 350 g/mol. The van der Waals surface area contributed by atoms with Gasteiger partial charge in [-0.05, 0) is 36.0 Å². The molecule has 5 heteroatoms. The van der Waals surface area contributed by atoms with Crippen molar-refractivity contribution in [2.24, 2.45) is 4.99 Å². The van der Waals surface area contributed by atoms with Crippen molar-refractivity contribution in [3.05, 3.63) is 71.3 Å². The molecule has 2 N–H and O–H groups in total. The van der Waals surface area contributed by atoms with Crippen LogP contribution in [-0.4, -0.2) is 31.3 Å². The monoisotopic (exact) mass is 379 g/mol. The Labute approximate surface area is 167 Å². The lowest BCUT2D eigenvalue weighted by molar-refractivity contribution is 0.0992. The first-order valence-corrected chi connectivity index (χ1v) is 10.1. The second-order valence-corrected chi connectivity index (χ2v) is 7.53. The van der Waals surface area contributed by atoms with E-state index in [0.717, 1.165) is 18.8 Å². The summed E-state index contributed by atoms with van der Waals surface area (Å²) >= 11 is 0. The zero-order valence-electron chi connectivity index (χ0n) is 16.4. The molecular formula is C23H29N3O2. The molecule has 2 saturated heterocycles. The SMILES string of the molecule is CN=C(NCc1ccccc1COCc1ccccc1)NC1CC2CCC1O2. The molecule has 0 spiro atoms. The molecule has 3 unspecified atom stereocenters. The molecule has 0 aromatic heterocycles. The van der Waals surface area contributed by atoms with E-state index < -0.39 is 0 Å².